The fourth-order valence-electron chi connectivity index (χ4n) is 2.87. The summed E-state index contributed by atoms with van der Waals surface area (Å²) in [6, 6.07) is 5.04. The topological polar surface area (TPSA) is 58.3 Å². The molecule has 2 aromatic rings. The van der Waals surface area contributed by atoms with Crippen LogP contribution in [-0.2, 0) is 26.6 Å². The Morgan fingerprint density at radius 2 is 2.12 bits per heavy atom. The molecule has 0 bridgehead atoms. The largest absolute Gasteiger partial charge is 0.356 e. The number of aromatic nitrogens is 3. The van der Waals surface area contributed by atoms with Crippen LogP contribution in [0.1, 0.15) is 29.7 Å². The summed E-state index contributed by atoms with van der Waals surface area (Å²) in [5.74, 6) is 2.33. The summed E-state index contributed by atoms with van der Waals surface area (Å²) in [6.07, 6.45) is 0.892. The summed E-state index contributed by atoms with van der Waals surface area (Å²) in [4.78, 5) is 6.85. The number of fused-ring (bicyclic) bond motifs is 1. The van der Waals surface area contributed by atoms with Gasteiger partial charge in [-0.15, -0.1) is 34.2 Å². The molecule has 0 aliphatic carbocycles. The van der Waals surface area contributed by atoms with E-state index in [2.05, 4.69) is 20.4 Å². The van der Waals surface area contributed by atoms with Crippen LogP contribution in [0.5, 0.6) is 0 Å². The third-order valence-corrected chi connectivity index (χ3v) is 4.37. The molecule has 0 unspecified atom stereocenters. The maximum atomic E-state index is 13.5. The second-order valence-electron chi connectivity index (χ2n) is 5.98. The zero-order valence-corrected chi connectivity index (χ0v) is 17.1. The van der Waals surface area contributed by atoms with E-state index in [1.807, 2.05) is 31.5 Å². The van der Waals surface area contributed by atoms with E-state index in [0.717, 1.165) is 42.7 Å². The molecule has 8 heteroatoms. The third-order valence-electron chi connectivity index (χ3n) is 4.37. The maximum absolute atomic E-state index is 13.5. The van der Waals surface area contributed by atoms with E-state index in [9.17, 15) is 4.39 Å². The normalized spacial score (nSPS) is 14.1. The Morgan fingerprint density at radius 3 is 2.80 bits per heavy atom. The summed E-state index contributed by atoms with van der Waals surface area (Å²) in [5.41, 5.74) is 2.24. The van der Waals surface area contributed by atoms with Crippen molar-refractivity contribution < 1.29 is 4.39 Å². The minimum Gasteiger partial charge on any atom is -0.356 e. The SMILES string of the molecule is CCNC(=NCc1nnc(C)n1C)N1CCc2ccc(F)cc2C1.I. The molecule has 1 N–H and O–H groups in total. The molecule has 0 spiro atoms. The predicted octanol–water partition coefficient (Wildman–Crippen LogP) is 2.40. The third kappa shape index (κ3) is 4.47. The van der Waals surface area contributed by atoms with Gasteiger partial charge in [-0.3, -0.25) is 0 Å². The number of halogens is 2. The lowest BCUT2D eigenvalue weighted by Gasteiger charge is -2.31. The van der Waals surface area contributed by atoms with Crippen LogP contribution in [0.15, 0.2) is 23.2 Å². The van der Waals surface area contributed by atoms with Crippen molar-refractivity contribution in [3.8, 4) is 0 Å². The first-order chi connectivity index (χ1) is 11.6. The van der Waals surface area contributed by atoms with E-state index in [0.29, 0.717) is 13.1 Å². The van der Waals surface area contributed by atoms with E-state index in [1.54, 1.807) is 6.07 Å². The highest BCUT2D eigenvalue weighted by atomic mass is 127. The van der Waals surface area contributed by atoms with E-state index in [-0.39, 0.29) is 29.8 Å². The number of rotatable bonds is 3. The molecule has 3 rings (SSSR count). The summed E-state index contributed by atoms with van der Waals surface area (Å²) in [6.45, 7) is 6.73. The molecule has 0 fully saturated rings. The number of hydrogen-bond acceptors (Lipinski definition) is 3. The molecular weight excluding hydrogens is 434 g/mol. The average molecular weight is 458 g/mol. The molecule has 1 aromatic carbocycles. The smallest absolute Gasteiger partial charge is 0.194 e. The number of nitrogens with one attached hydrogen (secondary N) is 1. The van der Waals surface area contributed by atoms with E-state index in [4.69, 9.17) is 4.99 Å². The van der Waals surface area contributed by atoms with Crippen molar-refractivity contribution in [3.63, 3.8) is 0 Å². The Balaban J connectivity index is 0.00000225. The van der Waals surface area contributed by atoms with Crippen LogP contribution in [0.3, 0.4) is 0 Å². The lowest BCUT2D eigenvalue weighted by molar-refractivity contribution is 0.377. The van der Waals surface area contributed by atoms with Gasteiger partial charge in [0.2, 0.25) is 0 Å². The number of aliphatic imine (C=N–C) groups is 1. The Kier molecular flexibility index (Phi) is 6.74. The van der Waals surface area contributed by atoms with Crippen molar-refractivity contribution in [2.24, 2.45) is 12.0 Å². The van der Waals surface area contributed by atoms with Gasteiger partial charge < -0.3 is 14.8 Å². The van der Waals surface area contributed by atoms with Gasteiger partial charge in [-0.25, -0.2) is 9.38 Å². The van der Waals surface area contributed by atoms with Crippen LogP contribution in [0, 0.1) is 12.7 Å². The molecule has 6 nitrogen and oxygen atoms in total. The van der Waals surface area contributed by atoms with Crippen LogP contribution < -0.4 is 5.32 Å². The molecule has 1 aromatic heterocycles. The Morgan fingerprint density at radius 1 is 1.32 bits per heavy atom. The quantitative estimate of drug-likeness (QED) is 0.436. The molecule has 136 valence electrons. The van der Waals surface area contributed by atoms with Crippen molar-refractivity contribution in [2.45, 2.75) is 33.4 Å². The Hall–Kier alpha value is -1.71. The van der Waals surface area contributed by atoms with Crippen LogP contribution in [0.25, 0.3) is 0 Å². The number of benzene rings is 1. The molecule has 0 atom stereocenters. The molecule has 1 aliphatic rings. The van der Waals surface area contributed by atoms with Crippen molar-refractivity contribution in [1.29, 1.82) is 0 Å². The molecule has 0 saturated heterocycles. The highest BCUT2D eigenvalue weighted by Crippen LogP contribution is 2.20. The summed E-state index contributed by atoms with van der Waals surface area (Å²) >= 11 is 0. The second-order valence-corrected chi connectivity index (χ2v) is 5.98. The van der Waals surface area contributed by atoms with Gasteiger partial charge in [0.15, 0.2) is 11.8 Å². The van der Waals surface area contributed by atoms with Crippen LogP contribution in [0.2, 0.25) is 0 Å². The van der Waals surface area contributed by atoms with Gasteiger partial charge >= 0.3 is 0 Å². The first-order valence-corrected chi connectivity index (χ1v) is 8.24. The Bertz CT molecular complexity index is 758. The maximum Gasteiger partial charge on any atom is 0.194 e. The van der Waals surface area contributed by atoms with E-state index >= 15 is 0 Å². The molecule has 0 saturated carbocycles. The Labute approximate surface area is 164 Å². The average Bonchev–Trinajstić information content (AvgIpc) is 2.90. The van der Waals surface area contributed by atoms with E-state index in [1.165, 1.54) is 11.6 Å². The van der Waals surface area contributed by atoms with Crippen molar-refractivity contribution >= 4 is 29.9 Å². The first kappa shape index (κ1) is 19.6. The summed E-state index contributed by atoms with van der Waals surface area (Å²) in [5, 5.41) is 11.5. The number of aryl methyl sites for hydroxylation is 1. The molecule has 0 radical (unpaired) electrons. The zero-order chi connectivity index (χ0) is 17.1. The minimum absolute atomic E-state index is 0. The van der Waals surface area contributed by atoms with Crippen molar-refractivity contribution in [2.75, 3.05) is 13.1 Å². The van der Waals surface area contributed by atoms with Gasteiger partial charge in [-0.1, -0.05) is 6.07 Å². The standard InChI is InChI=1S/C17H23FN6.HI/c1-4-19-17(20-10-16-22-21-12(2)23(16)3)24-8-7-13-5-6-15(18)9-14(13)11-24;/h5-6,9H,4,7-8,10-11H2,1-3H3,(H,19,20);1H. The van der Waals surface area contributed by atoms with Gasteiger partial charge in [-0.05, 0) is 43.5 Å². The highest BCUT2D eigenvalue weighted by Gasteiger charge is 2.19. The fraction of sp³-hybridized carbons (Fsp3) is 0.471. The van der Waals surface area contributed by atoms with Crippen LogP contribution in [-0.4, -0.2) is 38.7 Å². The zero-order valence-electron chi connectivity index (χ0n) is 14.8. The number of guanidine groups is 1. The van der Waals surface area contributed by atoms with Gasteiger partial charge in [0.1, 0.15) is 18.2 Å². The monoisotopic (exact) mass is 458 g/mol. The van der Waals surface area contributed by atoms with Gasteiger partial charge in [0.25, 0.3) is 0 Å². The van der Waals surface area contributed by atoms with Gasteiger partial charge in [-0.2, -0.15) is 0 Å². The van der Waals surface area contributed by atoms with Crippen molar-refractivity contribution in [1.82, 2.24) is 25.0 Å². The molecular formula is C17H24FIN6. The summed E-state index contributed by atoms with van der Waals surface area (Å²) in [7, 11) is 1.94. The van der Waals surface area contributed by atoms with Crippen LogP contribution >= 0.6 is 24.0 Å². The fourth-order valence-corrected chi connectivity index (χ4v) is 2.87. The van der Waals surface area contributed by atoms with E-state index < -0.39 is 0 Å². The molecule has 25 heavy (non-hydrogen) atoms. The number of hydrogen-bond donors (Lipinski definition) is 1. The predicted molar refractivity (Wildman–Crippen MR) is 106 cm³/mol. The summed E-state index contributed by atoms with van der Waals surface area (Å²) < 4.78 is 15.4. The minimum atomic E-state index is -0.188. The van der Waals surface area contributed by atoms with Crippen molar-refractivity contribution in [3.05, 3.63) is 46.8 Å². The number of nitrogens with zero attached hydrogens (tertiary/aromatic N) is 5. The highest BCUT2D eigenvalue weighted by molar-refractivity contribution is 14.0. The molecule has 1 aliphatic heterocycles. The second kappa shape index (κ2) is 8.59. The first-order valence-electron chi connectivity index (χ1n) is 8.24. The molecule has 2 heterocycles. The lowest BCUT2D eigenvalue weighted by atomic mass is 10.00. The van der Waals surface area contributed by atoms with Crippen LogP contribution in [0.4, 0.5) is 4.39 Å². The molecule has 0 amide bonds. The van der Waals surface area contributed by atoms with Gasteiger partial charge in [0.05, 0.1) is 0 Å². The van der Waals surface area contributed by atoms with Gasteiger partial charge in [0, 0.05) is 26.7 Å². The lowest BCUT2D eigenvalue weighted by Crippen LogP contribution is -2.44.